The zero-order valence-corrected chi connectivity index (χ0v) is 17.6. The molecule has 0 saturated carbocycles. The van der Waals surface area contributed by atoms with Crippen molar-refractivity contribution in [2.75, 3.05) is 31.4 Å². The van der Waals surface area contributed by atoms with Gasteiger partial charge in [0.25, 0.3) is 5.91 Å². The van der Waals surface area contributed by atoms with E-state index < -0.39 is 11.9 Å². The number of primary amides is 1. The Morgan fingerprint density at radius 2 is 1.96 bits per heavy atom. The number of hydrogen-bond acceptors (Lipinski definition) is 7. The molecule has 0 aliphatic heterocycles. The standard InChI is InChI=1S/C18H19ClN2O5S2/c1-10-14(18(24)26-8-7-25-2)17(28-15(10)16(20)23)21-13(22)9-27-12-6-4-3-5-11(12)19/h3-6H,7-9H2,1-2H3,(H2,20,23)(H,21,22). The third-order valence-corrected chi connectivity index (χ3v) is 6.28. The Hall–Kier alpha value is -2.07. The topological polar surface area (TPSA) is 108 Å². The maximum absolute atomic E-state index is 12.4. The van der Waals surface area contributed by atoms with E-state index in [0.29, 0.717) is 10.6 Å². The molecule has 10 heteroatoms. The van der Waals surface area contributed by atoms with Crippen molar-refractivity contribution in [1.29, 1.82) is 0 Å². The van der Waals surface area contributed by atoms with Gasteiger partial charge in [0.1, 0.15) is 11.6 Å². The van der Waals surface area contributed by atoms with Crippen LogP contribution in [-0.4, -0.2) is 43.9 Å². The Balaban J connectivity index is 2.15. The third-order valence-electron chi connectivity index (χ3n) is 3.54. The minimum atomic E-state index is -0.681. The van der Waals surface area contributed by atoms with E-state index in [4.69, 9.17) is 26.8 Å². The summed E-state index contributed by atoms with van der Waals surface area (Å²) in [4.78, 5) is 37.4. The van der Waals surface area contributed by atoms with Crippen molar-refractivity contribution in [3.05, 3.63) is 45.3 Å². The van der Waals surface area contributed by atoms with Crippen LogP contribution in [0.15, 0.2) is 29.2 Å². The predicted octanol–water partition coefficient (Wildman–Crippen LogP) is 3.34. The van der Waals surface area contributed by atoms with Crippen LogP contribution >= 0.6 is 34.7 Å². The van der Waals surface area contributed by atoms with Crippen molar-refractivity contribution in [3.63, 3.8) is 0 Å². The number of ether oxygens (including phenoxy) is 2. The number of carbonyl (C=O) groups excluding carboxylic acids is 3. The molecule has 3 N–H and O–H groups in total. The molecule has 1 heterocycles. The van der Waals surface area contributed by atoms with Gasteiger partial charge in [0.2, 0.25) is 5.91 Å². The summed E-state index contributed by atoms with van der Waals surface area (Å²) in [5.41, 5.74) is 5.85. The lowest BCUT2D eigenvalue weighted by Gasteiger charge is -2.08. The summed E-state index contributed by atoms with van der Waals surface area (Å²) in [5.74, 6) is -1.62. The molecule has 0 unspecified atom stereocenters. The molecule has 2 aromatic rings. The van der Waals surface area contributed by atoms with Gasteiger partial charge in [-0.25, -0.2) is 4.79 Å². The maximum Gasteiger partial charge on any atom is 0.341 e. The van der Waals surface area contributed by atoms with E-state index in [0.717, 1.165) is 16.2 Å². The van der Waals surface area contributed by atoms with Gasteiger partial charge < -0.3 is 20.5 Å². The number of amides is 2. The molecule has 0 aliphatic rings. The number of benzene rings is 1. The fourth-order valence-corrected chi connectivity index (χ4v) is 4.34. The van der Waals surface area contributed by atoms with Crippen molar-refractivity contribution in [2.45, 2.75) is 11.8 Å². The van der Waals surface area contributed by atoms with E-state index in [2.05, 4.69) is 5.32 Å². The highest BCUT2D eigenvalue weighted by molar-refractivity contribution is 8.00. The van der Waals surface area contributed by atoms with Crippen molar-refractivity contribution in [2.24, 2.45) is 5.73 Å². The molecule has 0 saturated heterocycles. The average Bonchev–Trinajstić information content (AvgIpc) is 2.97. The van der Waals surface area contributed by atoms with Gasteiger partial charge in [-0.05, 0) is 24.6 Å². The molecule has 1 aromatic carbocycles. The number of thioether (sulfide) groups is 1. The summed E-state index contributed by atoms with van der Waals surface area (Å²) in [7, 11) is 1.48. The summed E-state index contributed by atoms with van der Waals surface area (Å²) >= 11 is 8.28. The normalized spacial score (nSPS) is 10.5. The van der Waals surface area contributed by atoms with Gasteiger partial charge in [-0.1, -0.05) is 23.7 Å². The number of rotatable bonds is 9. The van der Waals surface area contributed by atoms with Gasteiger partial charge in [-0.2, -0.15) is 0 Å². The van der Waals surface area contributed by atoms with Crippen LogP contribution in [0.4, 0.5) is 5.00 Å². The van der Waals surface area contributed by atoms with E-state index in [1.165, 1.54) is 18.9 Å². The van der Waals surface area contributed by atoms with E-state index in [1.54, 1.807) is 25.1 Å². The fourth-order valence-electron chi connectivity index (χ4n) is 2.24. The first-order chi connectivity index (χ1) is 13.3. The van der Waals surface area contributed by atoms with Crippen molar-refractivity contribution >= 4 is 57.5 Å². The Labute approximate surface area is 175 Å². The second kappa shape index (κ2) is 10.5. The Kier molecular flexibility index (Phi) is 8.31. The Bertz CT molecular complexity index is 885. The largest absolute Gasteiger partial charge is 0.460 e. The lowest BCUT2D eigenvalue weighted by molar-refractivity contribution is -0.113. The molecule has 0 radical (unpaired) electrons. The second-order valence-electron chi connectivity index (χ2n) is 5.52. The summed E-state index contributed by atoms with van der Waals surface area (Å²) in [6, 6.07) is 7.16. The molecular formula is C18H19ClN2O5S2. The molecular weight excluding hydrogens is 424 g/mol. The molecule has 0 bridgehead atoms. The van der Waals surface area contributed by atoms with Crippen LogP contribution in [0.1, 0.15) is 25.6 Å². The summed E-state index contributed by atoms with van der Waals surface area (Å²) in [5, 5.41) is 3.43. The van der Waals surface area contributed by atoms with E-state index in [1.807, 2.05) is 6.07 Å². The van der Waals surface area contributed by atoms with Crippen molar-refractivity contribution in [1.82, 2.24) is 0 Å². The third kappa shape index (κ3) is 5.71. The lowest BCUT2D eigenvalue weighted by atomic mass is 10.1. The quantitative estimate of drug-likeness (QED) is 0.350. The van der Waals surface area contributed by atoms with Crippen LogP contribution in [0, 0.1) is 6.92 Å². The van der Waals surface area contributed by atoms with Gasteiger partial charge in [-0.3, -0.25) is 9.59 Å². The van der Waals surface area contributed by atoms with Gasteiger partial charge >= 0.3 is 5.97 Å². The van der Waals surface area contributed by atoms with Crippen LogP contribution in [0.25, 0.3) is 0 Å². The second-order valence-corrected chi connectivity index (χ2v) is 7.97. The first-order valence-corrected chi connectivity index (χ1v) is 10.3. The molecule has 28 heavy (non-hydrogen) atoms. The molecule has 150 valence electrons. The lowest BCUT2D eigenvalue weighted by Crippen LogP contribution is -2.17. The van der Waals surface area contributed by atoms with Crippen LogP contribution in [0.3, 0.4) is 0 Å². The van der Waals surface area contributed by atoms with Gasteiger partial charge in [-0.15, -0.1) is 23.1 Å². The first-order valence-electron chi connectivity index (χ1n) is 8.11. The molecule has 2 amide bonds. The number of thiophene rings is 1. The van der Waals surface area contributed by atoms with Crippen molar-refractivity contribution < 1.29 is 23.9 Å². The number of nitrogens with one attached hydrogen (secondary N) is 1. The fraction of sp³-hybridized carbons (Fsp3) is 0.278. The number of methoxy groups -OCH3 is 1. The van der Waals surface area contributed by atoms with E-state index in [9.17, 15) is 14.4 Å². The average molecular weight is 443 g/mol. The van der Waals surface area contributed by atoms with Gasteiger partial charge in [0.05, 0.1) is 27.8 Å². The van der Waals surface area contributed by atoms with Gasteiger partial charge in [0.15, 0.2) is 0 Å². The molecule has 0 fully saturated rings. The van der Waals surface area contributed by atoms with Crippen LogP contribution in [0.2, 0.25) is 5.02 Å². The van der Waals surface area contributed by atoms with E-state index in [-0.39, 0.29) is 40.3 Å². The molecule has 7 nitrogen and oxygen atoms in total. The predicted molar refractivity (Wildman–Crippen MR) is 111 cm³/mol. The summed E-state index contributed by atoms with van der Waals surface area (Å²) in [6.45, 7) is 1.86. The zero-order chi connectivity index (χ0) is 20.7. The van der Waals surface area contributed by atoms with E-state index >= 15 is 0 Å². The summed E-state index contributed by atoms with van der Waals surface area (Å²) < 4.78 is 9.97. The molecule has 0 aliphatic carbocycles. The number of esters is 1. The minimum Gasteiger partial charge on any atom is -0.460 e. The monoisotopic (exact) mass is 442 g/mol. The number of halogens is 1. The number of anilines is 1. The van der Waals surface area contributed by atoms with Crippen LogP contribution in [0.5, 0.6) is 0 Å². The number of carbonyl (C=O) groups is 3. The number of nitrogens with two attached hydrogens (primary N) is 1. The molecule has 2 rings (SSSR count). The highest BCUT2D eigenvalue weighted by Crippen LogP contribution is 2.34. The Morgan fingerprint density at radius 3 is 2.61 bits per heavy atom. The van der Waals surface area contributed by atoms with Crippen LogP contribution in [-0.2, 0) is 14.3 Å². The Morgan fingerprint density at radius 1 is 1.25 bits per heavy atom. The number of hydrogen-bond donors (Lipinski definition) is 2. The van der Waals surface area contributed by atoms with Crippen molar-refractivity contribution in [3.8, 4) is 0 Å². The smallest absolute Gasteiger partial charge is 0.341 e. The molecule has 0 atom stereocenters. The van der Waals surface area contributed by atoms with Crippen LogP contribution < -0.4 is 11.1 Å². The minimum absolute atomic E-state index is 0.0479. The highest BCUT2D eigenvalue weighted by Gasteiger charge is 2.25. The summed E-state index contributed by atoms with van der Waals surface area (Å²) in [6.07, 6.45) is 0. The van der Waals surface area contributed by atoms with Gasteiger partial charge in [0, 0.05) is 12.0 Å². The molecule has 0 spiro atoms. The SMILES string of the molecule is COCCOC(=O)c1c(NC(=O)CSc2ccccc2Cl)sc(C(N)=O)c1C. The zero-order valence-electron chi connectivity index (χ0n) is 15.2. The highest BCUT2D eigenvalue weighted by atomic mass is 35.5. The first kappa shape index (κ1) is 22.2. The maximum atomic E-state index is 12.4. The molecule has 1 aromatic heterocycles.